The van der Waals surface area contributed by atoms with Gasteiger partial charge in [-0.2, -0.15) is 0 Å². The standard InChI is InChI=1S/C14H17Cl2NO5/c1-14(2,3)22-13(21)17-8(12(19)20)6-7-4-5-9(18)11(16)10(7)15/h4-5,8,18H,6H2,1-3H3,(H,17,21)(H,19,20)/t8-/m1/s1. The molecule has 1 amide bonds. The summed E-state index contributed by atoms with van der Waals surface area (Å²) in [5.41, 5.74) is -0.361. The van der Waals surface area contributed by atoms with Crippen molar-refractivity contribution in [3.05, 3.63) is 27.7 Å². The fraction of sp³-hybridized carbons (Fsp3) is 0.429. The molecule has 1 aromatic rings. The number of hydrogen-bond donors (Lipinski definition) is 3. The van der Waals surface area contributed by atoms with Gasteiger partial charge in [-0.1, -0.05) is 29.3 Å². The van der Waals surface area contributed by atoms with E-state index < -0.39 is 23.7 Å². The number of phenolic OH excluding ortho intramolecular Hbond substituents is 1. The Bertz CT molecular complexity index is 583. The summed E-state index contributed by atoms with van der Waals surface area (Å²) in [7, 11) is 0. The Hall–Kier alpha value is -1.66. The lowest BCUT2D eigenvalue weighted by atomic mass is 10.1. The molecule has 0 unspecified atom stereocenters. The van der Waals surface area contributed by atoms with E-state index in [0.29, 0.717) is 5.56 Å². The van der Waals surface area contributed by atoms with Crippen molar-refractivity contribution in [3.63, 3.8) is 0 Å². The fourth-order valence-corrected chi connectivity index (χ4v) is 2.03. The predicted octanol–water partition coefficient (Wildman–Crippen LogP) is 3.22. The average molecular weight is 350 g/mol. The van der Waals surface area contributed by atoms with Gasteiger partial charge in [0, 0.05) is 6.42 Å². The van der Waals surface area contributed by atoms with Crippen LogP contribution in [0.3, 0.4) is 0 Å². The topological polar surface area (TPSA) is 95.9 Å². The Labute approximate surface area is 138 Å². The molecule has 0 spiro atoms. The highest BCUT2D eigenvalue weighted by Gasteiger charge is 2.25. The molecule has 1 aromatic carbocycles. The van der Waals surface area contributed by atoms with Crippen molar-refractivity contribution < 1.29 is 24.5 Å². The molecule has 1 rings (SSSR count). The van der Waals surface area contributed by atoms with E-state index in [2.05, 4.69) is 5.32 Å². The van der Waals surface area contributed by atoms with Crippen LogP contribution >= 0.6 is 23.2 Å². The summed E-state index contributed by atoms with van der Waals surface area (Å²) in [4.78, 5) is 22.9. The third-order valence-corrected chi connectivity index (χ3v) is 3.47. The normalized spacial score (nSPS) is 12.6. The molecule has 8 heteroatoms. The highest BCUT2D eigenvalue weighted by Crippen LogP contribution is 2.34. The summed E-state index contributed by atoms with van der Waals surface area (Å²) in [6.45, 7) is 5.00. The van der Waals surface area contributed by atoms with Crippen LogP contribution in [-0.4, -0.2) is 33.9 Å². The molecule has 1 atom stereocenters. The number of carboxylic acid groups (broad SMARTS) is 1. The molecule has 22 heavy (non-hydrogen) atoms. The van der Waals surface area contributed by atoms with Crippen LogP contribution in [0, 0.1) is 0 Å². The van der Waals surface area contributed by atoms with Gasteiger partial charge in [-0.3, -0.25) is 0 Å². The summed E-state index contributed by atoms with van der Waals surface area (Å²) in [5, 5.41) is 20.8. The molecule has 0 aromatic heterocycles. The van der Waals surface area contributed by atoms with Gasteiger partial charge in [0.25, 0.3) is 0 Å². The van der Waals surface area contributed by atoms with Gasteiger partial charge in [0.2, 0.25) is 0 Å². The number of alkyl carbamates (subject to hydrolysis) is 1. The van der Waals surface area contributed by atoms with Gasteiger partial charge in [0.1, 0.15) is 22.4 Å². The zero-order valence-electron chi connectivity index (χ0n) is 12.3. The van der Waals surface area contributed by atoms with Crippen molar-refractivity contribution in [2.24, 2.45) is 0 Å². The van der Waals surface area contributed by atoms with Crippen molar-refractivity contribution in [1.82, 2.24) is 5.32 Å². The summed E-state index contributed by atoms with van der Waals surface area (Å²) >= 11 is 11.8. The maximum absolute atomic E-state index is 11.7. The van der Waals surface area contributed by atoms with Gasteiger partial charge in [0.05, 0.1) is 5.02 Å². The Kier molecular flexibility index (Phi) is 5.91. The predicted molar refractivity (Wildman–Crippen MR) is 82.6 cm³/mol. The molecule has 0 aliphatic carbocycles. The Morgan fingerprint density at radius 2 is 1.86 bits per heavy atom. The largest absolute Gasteiger partial charge is 0.506 e. The van der Waals surface area contributed by atoms with Crippen LogP contribution < -0.4 is 5.32 Å². The number of halogens is 2. The maximum atomic E-state index is 11.7. The van der Waals surface area contributed by atoms with Gasteiger partial charge < -0.3 is 20.3 Å². The SMILES string of the molecule is CC(C)(C)OC(=O)N[C@H](Cc1ccc(O)c(Cl)c1Cl)C(=O)O. The molecule has 3 N–H and O–H groups in total. The fourth-order valence-electron chi connectivity index (χ4n) is 1.61. The zero-order chi connectivity index (χ0) is 17.1. The summed E-state index contributed by atoms with van der Waals surface area (Å²) in [6, 6.07) is 1.50. The number of benzene rings is 1. The van der Waals surface area contributed by atoms with E-state index in [1.165, 1.54) is 12.1 Å². The Morgan fingerprint density at radius 1 is 1.27 bits per heavy atom. The molecule has 0 saturated heterocycles. The first-order valence-corrected chi connectivity index (χ1v) is 7.15. The molecule has 0 saturated carbocycles. The van der Waals surface area contributed by atoms with Crippen LogP contribution in [0.25, 0.3) is 0 Å². The summed E-state index contributed by atoms with van der Waals surface area (Å²) < 4.78 is 5.02. The number of phenols is 1. The number of carboxylic acids is 1. The van der Waals surface area contributed by atoms with Crippen LogP contribution in [0.5, 0.6) is 5.75 Å². The third-order valence-electron chi connectivity index (χ3n) is 2.56. The molecule has 0 radical (unpaired) electrons. The van der Waals surface area contributed by atoms with Crippen molar-refractivity contribution in [2.75, 3.05) is 0 Å². The maximum Gasteiger partial charge on any atom is 0.408 e. The quantitative estimate of drug-likeness (QED) is 0.775. The van der Waals surface area contributed by atoms with Crippen LogP contribution in [0.1, 0.15) is 26.3 Å². The second-order valence-corrected chi connectivity index (χ2v) is 6.37. The lowest BCUT2D eigenvalue weighted by Gasteiger charge is -2.22. The molecular formula is C14H17Cl2NO5. The number of amides is 1. The Balaban J connectivity index is 2.88. The number of aliphatic carboxylic acids is 1. The highest BCUT2D eigenvalue weighted by atomic mass is 35.5. The number of hydrogen-bond acceptors (Lipinski definition) is 4. The first-order chi connectivity index (χ1) is 10.0. The minimum Gasteiger partial charge on any atom is -0.506 e. The van der Waals surface area contributed by atoms with E-state index in [4.69, 9.17) is 27.9 Å². The van der Waals surface area contributed by atoms with E-state index in [9.17, 15) is 19.8 Å². The lowest BCUT2D eigenvalue weighted by Crippen LogP contribution is -2.44. The van der Waals surface area contributed by atoms with Crippen LogP contribution in [0.15, 0.2) is 12.1 Å². The van der Waals surface area contributed by atoms with E-state index in [0.717, 1.165) is 0 Å². The van der Waals surface area contributed by atoms with Crippen molar-refractivity contribution in [3.8, 4) is 5.75 Å². The monoisotopic (exact) mass is 349 g/mol. The molecule has 0 aliphatic heterocycles. The van der Waals surface area contributed by atoms with E-state index >= 15 is 0 Å². The summed E-state index contributed by atoms with van der Waals surface area (Å²) in [5.74, 6) is -1.45. The number of rotatable bonds is 4. The second-order valence-electron chi connectivity index (χ2n) is 5.61. The first kappa shape index (κ1) is 18.4. The first-order valence-electron chi connectivity index (χ1n) is 6.39. The van der Waals surface area contributed by atoms with Crippen LogP contribution in [0.4, 0.5) is 4.79 Å². The minimum absolute atomic E-state index is 0.0407. The molecule has 122 valence electrons. The van der Waals surface area contributed by atoms with Crippen molar-refractivity contribution in [1.29, 1.82) is 0 Å². The number of aromatic hydroxyl groups is 1. The second kappa shape index (κ2) is 7.07. The molecule has 0 heterocycles. The van der Waals surface area contributed by atoms with Gasteiger partial charge in [-0.25, -0.2) is 9.59 Å². The number of ether oxygens (including phenoxy) is 1. The van der Waals surface area contributed by atoms with Gasteiger partial charge in [0.15, 0.2) is 0 Å². The molecule has 0 fully saturated rings. The highest BCUT2D eigenvalue weighted by molar-refractivity contribution is 6.43. The van der Waals surface area contributed by atoms with E-state index in [1.807, 2.05) is 0 Å². The van der Waals surface area contributed by atoms with Gasteiger partial charge >= 0.3 is 12.1 Å². The van der Waals surface area contributed by atoms with Gasteiger partial charge in [-0.15, -0.1) is 0 Å². The van der Waals surface area contributed by atoms with Gasteiger partial charge in [-0.05, 0) is 32.4 Å². The van der Waals surface area contributed by atoms with Crippen molar-refractivity contribution >= 4 is 35.3 Å². The third kappa shape index (κ3) is 5.27. The van der Waals surface area contributed by atoms with E-state index in [-0.39, 0.29) is 22.2 Å². The average Bonchev–Trinajstić information content (AvgIpc) is 2.36. The number of nitrogens with one attached hydrogen (secondary N) is 1. The molecule has 0 bridgehead atoms. The Morgan fingerprint density at radius 3 is 2.36 bits per heavy atom. The van der Waals surface area contributed by atoms with Crippen molar-refractivity contribution in [2.45, 2.75) is 38.8 Å². The number of carbonyl (C=O) groups is 2. The number of carbonyl (C=O) groups excluding carboxylic acids is 1. The van der Waals surface area contributed by atoms with E-state index in [1.54, 1.807) is 20.8 Å². The van der Waals surface area contributed by atoms with Crippen LogP contribution in [0.2, 0.25) is 10.0 Å². The minimum atomic E-state index is -1.24. The molecule has 0 aliphatic rings. The van der Waals surface area contributed by atoms with Crippen LogP contribution in [-0.2, 0) is 16.0 Å². The summed E-state index contributed by atoms with van der Waals surface area (Å²) in [6.07, 6.45) is -0.950. The molecule has 6 nitrogen and oxygen atoms in total. The molecular weight excluding hydrogens is 333 g/mol. The smallest absolute Gasteiger partial charge is 0.408 e. The zero-order valence-corrected chi connectivity index (χ0v) is 13.8. The lowest BCUT2D eigenvalue weighted by molar-refractivity contribution is -0.139.